The van der Waals surface area contributed by atoms with Crippen LogP contribution in [-0.4, -0.2) is 29.7 Å². The maximum absolute atomic E-state index is 3.37. The molecule has 0 bridgehead atoms. The maximum atomic E-state index is 3.37. The van der Waals surface area contributed by atoms with Crippen LogP contribution in [0.2, 0.25) is 0 Å². The van der Waals surface area contributed by atoms with E-state index in [4.69, 9.17) is 0 Å². The van der Waals surface area contributed by atoms with Crippen LogP contribution in [-0.2, 0) is 0 Å². The third-order valence-corrected chi connectivity index (χ3v) is 2.24. The monoisotopic (exact) mass is 142 g/mol. The van der Waals surface area contributed by atoms with E-state index in [-0.39, 0.29) is 0 Å². The lowest BCUT2D eigenvalue weighted by Crippen LogP contribution is -2.44. The lowest BCUT2D eigenvalue weighted by molar-refractivity contribution is 0.141. The molecule has 0 aromatic heterocycles. The van der Waals surface area contributed by atoms with E-state index in [9.17, 15) is 0 Å². The summed E-state index contributed by atoms with van der Waals surface area (Å²) in [6, 6.07) is 0.657. The number of hydrogen-bond acceptors (Lipinski definition) is 2. The average Bonchev–Trinajstić information content (AvgIpc) is 2.08. The van der Waals surface area contributed by atoms with E-state index >= 15 is 0 Å². The van der Waals surface area contributed by atoms with Crippen molar-refractivity contribution < 1.29 is 0 Å². The smallest absolute Gasteiger partial charge is 0.0489 e. The molecule has 1 heterocycles. The van der Waals surface area contributed by atoms with Crippen molar-refractivity contribution in [1.29, 1.82) is 0 Å². The molecule has 60 valence electrons. The fraction of sp³-hybridized carbons (Fsp3) is 1.00. The first kappa shape index (κ1) is 8.02. The van der Waals surface area contributed by atoms with Gasteiger partial charge in [-0.15, -0.1) is 0 Å². The molecule has 0 aromatic carbocycles. The third kappa shape index (κ3) is 1.32. The lowest BCUT2D eigenvalue weighted by atomic mass is 10.0. The topological polar surface area (TPSA) is 15.3 Å². The second kappa shape index (κ2) is 2.51. The Morgan fingerprint density at radius 1 is 1.40 bits per heavy atom. The van der Waals surface area contributed by atoms with Crippen LogP contribution in [0.1, 0.15) is 27.7 Å². The summed E-state index contributed by atoms with van der Waals surface area (Å²) in [6.45, 7) is 11.2. The first-order valence-corrected chi connectivity index (χ1v) is 4.01. The van der Waals surface area contributed by atoms with E-state index < -0.39 is 0 Å². The van der Waals surface area contributed by atoms with Gasteiger partial charge >= 0.3 is 0 Å². The fourth-order valence-corrected chi connectivity index (χ4v) is 1.68. The van der Waals surface area contributed by atoms with E-state index in [2.05, 4.69) is 37.9 Å². The summed E-state index contributed by atoms with van der Waals surface area (Å²) in [6.07, 6.45) is 0. The number of nitrogens with one attached hydrogen (secondary N) is 1. The predicted octanol–water partition coefficient (Wildman–Crippen LogP) is 1.04. The third-order valence-electron chi connectivity index (χ3n) is 2.24. The van der Waals surface area contributed by atoms with Gasteiger partial charge in [0.05, 0.1) is 0 Å². The van der Waals surface area contributed by atoms with Gasteiger partial charge in [-0.05, 0) is 27.7 Å². The number of nitrogens with zero attached hydrogens (tertiary/aromatic N) is 1. The number of rotatable bonds is 1. The van der Waals surface area contributed by atoms with Gasteiger partial charge in [-0.3, -0.25) is 4.90 Å². The molecule has 1 fully saturated rings. The molecule has 0 radical (unpaired) electrons. The molecule has 2 nitrogen and oxygen atoms in total. The van der Waals surface area contributed by atoms with Crippen LogP contribution in [0.5, 0.6) is 0 Å². The molecule has 0 aliphatic carbocycles. The Morgan fingerprint density at radius 2 is 2.00 bits per heavy atom. The highest BCUT2D eigenvalue weighted by molar-refractivity contribution is 4.90. The zero-order valence-electron chi connectivity index (χ0n) is 7.44. The molecular weight excluding hydrogens is 124 g/mol. The zero-order chi connectivity index (χ0) is 7.78. The van der Waals surface area contributed by atoms with Crippen molar-refractivity contribution in [1.82, 2.24) is 10.2 Å². The highest BCUT2D eigenvalue weighted by Crippen LogP contribution is 2.19. The molecule has 1 N–H and O–H groups in total. The molecule has 0 amide bonds. The Hall–Kier alpha value is -0.0800. The van der Waals surface area contributed by atoms with Crippen molar-refractivity contribution in [2.75, 3.05) is 13.2 Å². The lowest BCUT2D eigenvalue weighted by Gasteiger charge is -2.33. The van der Waals surface area contributed by atoms with E-state index in [1.165, 1.54) is 0 Å². The standard InChI is InChI=1S/C8H18N2/c1-7(2)10-6-9-5-8(10,3)4/h7,9H,5-6H2,1-4H3. The highest BCUT2D eigenvalue weighted by Gasteiger charge is 2.32. The second-order valence-electron chi connectivity index (χ2n) is 3.96. The minimum Gasteiger partial charge on any atom is -0.302 e. The second-order valence-corrected chi connectivity index (χ2v) is 3.96. The molecular formula is C8H18N2. The summed E-state index contributed by atoms with van der Waals surface area (Å²) in [4.78, 5) is 2.48. The van der Waals surface area contributed by atoms with Gasteiger partial charge in [0, 0.05) is 24.8 Å². The quantitative estimate of drug-likeness (QED) is 0.588. The molecule has 0 aromatic rings. The summed E-state index contributed by atoms with van der Waals surface area (Å²) >= 11 is 0. The maximum Gasteiger partial charge on any atom is 0.0489 e. The Bertz CT molecular complexity index is 118. The predicted molar refractivity (Wildman–Crippen MR) is 43.9 cm³/mol. The van der Waals surface area contributed by atoms with Gasteiger partial charge in [0.1, 0.15) is 0 Å². The molecule has 0 saturated carbocycles. The van der Waals surface area contributed by atoms with Gasteiger partial charge in [-0.25, -0.2) is 0 Å². The Balaban J connectivity index is 2.59. The van der Waals surface area contributed by atoms with Gasteiger partial charge < -0.3 is 5.32 Å². The molecule has 10 heavy (non-hydrogen) atoms. The molecule has 1 aliphatic rings. The van der Waals surface area contributed by atoms with Crippen LogP contribution in [0.4, 0.5) is 0 Å². The highest BCUT2D eigenvalue weighted by atomic mass is 15.3. The van der Waals surface area contributed by atoms with E-state index in [1.807, 2.05) is 0 Å². The molecule has 0 unspecified atom stereocenters. The molecule has 0 atom stereocenters. The van der Waals surface area contributed by atoms with E-state index in [0.29, 0.717) is 11.6 Å². The molecule has 1 saturated heterocycles. The average molecular weight is 142 g/mol. The van der Waals surface area contributed by atoms with Gasteiger partial charge in [-0.1, -0.05) is 0 Å². The Kier molecular flexibility index (Phi) is 2.02. The molecule has 1 aliphatic heterocycles. The first-order chi connectivity index (χ1) is 4.54. The minimum absolute atomic E-state index is 0.355. The summed E-state index contributed by atoms with van der Waals surface area (Å²) in [5, 5.41) is 3.37. The van der Waals surface area contributed by atoms with Crippen molar-refractivity contribution in [2.45, 2.75) is 39.3 Å². The first-order valence-electron chi connectivity index (χ1n) is 4.01. The van der Waals surface area contributed by atoms with E-state index in [0.717, 1.165) is 13.2 Å². The van der Waals surface area contributed by atoms with Gasteiger partial charge in [0.2, 0.25) is 0 Å². The Labute approximate surface area is 63.6 Å². The molecule has 2 heteroatoms. The van der Waals surface area contributed by atoms with Crippen molar-refractivity contribution >= 4 is 0 Å². The Morgan fingerprint density at radius 3 is 2.20 bits per heavy atom. The van der Waals surface area contributed by atoms with Crippen molar-refractivity contribution in [3.05, 3.63) is 0 Å². The molecule has 0 spiro atoms. The van der Waals surface area contributed by atoms with Crippen LogP contribution >= 0.6 is 0 Å². The summed E-state index contributed by atoms with van der Waals surface area (Å²) in [5.74, 6) is 0. The molecule has 1 rings (SSSR count). The van der Waals surface area contributed by atoms with Crippen molar-refractivity contribution in [3.8, 4) is 0 Å². The van der Waals surface area contributed by atoms with Crippen molar-refractivity contribution in [2.24, 2.45) is 0 Å². The number of hydrogen-bond donors (Lipinski definition) is 1. The van der Waals surface area contributed by atoms with Crippen LogP contribution in [0.15, 0.2) is 0 Å². The fourth-order valence-electron chi connectivity index (χ4n) is 1.68. The summed E-state index contributed by atoms with van der Waals surface area (Å²) in [7, 11) is 0. The van der Waals surface area contributed by atoms with Crippen LogP contribution in [0.25, 0.3) is 0 Å². The van der Waals surface area contributed by atoms with Crippen LogP contribution in [0, 0.1) is 0 Å². The zero-order valence-corrected chi connectivity index (χ0v) is 7.44. The van der Waals surface area contributed by atoms with E-state index in [1.54, 1.807) is 0 Å². The van der Waals surface area contributed by atoms with Crippen molar-refractivity contribution in [3.63, 3.8) is 0 Å². The normalized spacial score (nSPS) is 26.1. The minimum atomic E-state index is 0.355. The largest absolute Gasteiger partial charge is 0.302 e. The SMILES string of the molecule is CC(C)N1CNCC1(C)C. The van der Waals surface area contributed by atoms with Gasteiger partial charge in [0.25, 0.3) is 0 Å². The summed E-state index contributed by atoms with van der Waals surface area (Å²) < 4.78 is 0. The van der Waals surface area contributed by atoms with Crippen LogP contribution < -0.4 is 5.32 Å². The van der Waals surface area contributed by atoms with Crippen LogP contribution in [0.3, 0.4) is 0 Å². The summed E-state index contributed by atoms with van der Waals surface area (Å²) in [5.41, 5.74) is 0.355. The van der Waals surface area contributed by atoms with Gasteiger partial charge in [0.15, 0.2) is 0 Å². The van der Waals surface area contributed by atoms with Gasteiger partial charge in [-0.2, -0.15) is 0 Å².